The SMILES string of the molecule is CCOC(=O)NC1=NC2(CCc3c(C)ccc(OC)c3C2)C(C)O1. The Bertz CT molecular complexity index is 686. The molecule has 24 heavy (non-hydrogen) atoms. The standard InChI is InChI=1S/C18H24N2O4/c1-5-23-17(21)19-16-20-18(12(3)24-16)9-8-13-11(2)6-7-15(22-4)14(13)10-18/h6-7,12H,5,8-10H2,1-4H3,(H,19,20,21). The van der Waals surface area contributed by atoms with Crippen LogP contribution in [0.15, 0.2) is 17.1 Å². The summed E-state index contributed by atoms with van der Waals surface area (Å²) in [6.07, 6.45) is 1.88. The lowest BCUT2D eigenvalue weighted by Crippen LogP contribution is -2.42. The summed E-state index contributed by atoms with van der Waals surface area (Å²) in [5, 5.41) is 2.58. The molecule has 1 spiro atoms. The van der Waals surface area contributed by atoms with Gasteiger partial charge in [-0.1, -0.05) is 6.07 Å². The Hall–Kier alpha value is -2.24. The second-order valence-electron chi connectivity index (χ2n) is 6.34. The van der Waals surface area contributed by atoms with Crippen molar-refractivity contribution in [3.8, 4) is 5.75 Å². The molecule has 1 N–H and O–H groups in total. The highest BCUT2D eigenvalue weighted by Crippen LogP contribution is 2.42. The molecule has 0 aromatic heterocycles. The van der Waals surface area contributed by atoms with Gasteiger partial charge in [-0.2, -0.15) is 0 Å². The molecule has 6 heteroatoms. The van der Waals surface area contributed by atoms with E-state index in [-0.39, 0.29) is 17.7 Å². The van der Waals surface area contributed by atoms with Crippen LogP contribution in [0.3, 0.4) is 0 Å². The van der Waals surface area contributed by atoms with E-state index in [9.17, 15) is 4.79 Å². The average Bonchev–Trinajstić information content (AvgIpc) is 2.83. The van der Waals surface area contributed by atoms with E-state index in [4.69, 9.17) is 19.2 Å². The zero-order valence-electron chi connectivity index (χ0n) is 14.6. The fraction of sp³-hybridized carbons (Fsp3) is 0.556. The van der Waals surface area contributed by atoms with Crippen LogP contribution in [0.4, 0.5) is 4.79 Å². The van der Waals surface area contributed by atoms with Gasteiger partial charge in [0.05, 0.1) is 13.7 Å². The number of alkyl carbamates (subject to hydrolysis) is 1. The quantitative estimate of drug-likeness (QED) is 0.904. The minimum Gasteiger partial charge on any atom is -0.496 e. The van der Waals surface area contributed by atoms with Crippen LogP contribution >= 0.6 is 0 Å². The van der Waals surface area contributed by atoms with Gasteiger partial charge in [-0.3, -0.25) is 0 Å². The van der Waals surface area contributed by atoms with Crippen molar-refractivity contribution in [3.05, 3.63) is 28.8 Å². The molecule has 2 atom stereocenters. The van der Waals surface area contributed by atoms with Gasteiger partial charge < -0.3 is 14.2 Å². The summed E-state index contributed by atoms with van der Waals surface area (Å²) in [7, 11) is 1.69. The smallest absolute Gasteiger partial charge is 0.415 e. The van der Waals surface area contributed by atoms with Gasteiger partial charge in [0, 0.05) is 12.0 Å². The Balaban J connectivity index is 1.88. The third kappa shape index (κ3) is 2.81. The molecule has 1 amide bonds. The third-order valence-corrected chi connectivity index (χ3v) is 4.99. The van der Waals surface area contributed by atoms with Crippen LogP contribution in [0, 0.1) is 6.92 Å². The summed E-state index contributed by atoms with van der Waals surface area (Å²) in [5.41, 5.74) is 3.44. The van der Waals surface area contributed by atoms with E-state index in [1.165, 1.54) is 16.7 Å². The topological polar surface area (TPSA) is 69.2 Å². The lowest BCUT2D eigenvalue weighted by atomic mass is 9.74. The lowest BCUT2D eigenvalue weighted by molar-refractivity contribution is 0.130. The number of fused-ring (bicyclic) bond motifs is 1. The molecule has 2 aliphatic rings. The maximum Gasteiger partial charge on any atom is 0.415 e. The summed E-state index contributed by atoms with van der Waals surface area (Å²) in [6.45, 7) is 6.19. The highest BCUT2D eigenvalue weighted by atomic mass is 16.6. The Morgan fingerprint density at radius 3 is 2.96 bits per heavy atom. The number of nitrogens with one attached hydrogen (secondary N) is 1. The van der Waals surface area contributed by atoms with Gasteiger partial charge in [0.15, 0.2) is 0 Å². The number of amidine groups is 1. The highest BCUT2D eigenvalue weighted by Gasteiger charge is 2.47. The van der Waals surface area contributed by atoms with E-state index in [0.717, 1.165) is 25.0 Å². The van der Waals surface area contributed by atoms with Crippen molar-refractivity contribution >= 4 is 12.1 Å². The van der Waals surface area contributed by atoms with Crippen LogP contribution < -0.4 is 10.1 Å². The number of amides is 1. The average molecular weight is 332 g/mol. The number of ether oxygens (including phenoxy) is 3. The van der Waals surface area contributed by atoms with Gasteiger partial charge in [0.1, 0.15) is 17.4 Å². The molecule has 2 unspecified atom stereocenters. The Morgan fingerprint density at radius 2 is 2.25 bits per heavy atom. The van der Waals surface area contributed by atoms with E-state index in [2.05, 4.69) is 18.3 Å². The summed E-state index contributed by atoms with van der Waals surface area (Å²) >= 11 is 0. The Morgan fingerprint density at radius 1 is 1.46 bits per heavy atom. The van der Waals surface area contributed by atoms with Gasteiger partial charge in [-0.05, 0) is 50.8 Å². The zero-order chi connectivity index (χ0) is 17.3. The molecule has 130 valence electrons. The first-order valence-corrected chi connectivity index (χ1v) is 8.34. The van der Waals surface area contributed by atoms with E-state index in [0.29, 0.717) is 6.61 Å². The monoisotopic (exact) mass is 332 g/mol. The molecule has 0 bridgehead atoms. The van der Waals surface area contributed by atoms with Crippen LogP contribution in [-0.4, -0.2) is 37.5 Å². The molecule has 0 saturated heterocycles. The molecule has 1 aliphatic heterocycles. The molecular weight excluding hydrogens is 308 g/mol. The molecule has 1 aromatic carbocycles. The lowest BCUT2D eigenvalue weighted by Gasteiger charge is -2.35. The Labute approximate surface area is 142 Å². The minimum absolute atomic E-state index is 0.118. The number of methoxy groups -OCH3 is 1. The van der Waals surface area contributed by atoms with E-state index in [1.54, 1.807) is 14.0 Å². The van der Waals surface area contributed by atoms with Crippen LogP contribution in [0.1, 0.15) is 37.0 Å². The molecule has 1 aromatic rings. The highest BCUT2D eigenvalue weighted by molar-refractivity contribution is 5.91. The van der Waals surface area contributed by atoms with Gasteiger partial charge in [0.25, 0.3) is 6.02 Å². The third-order valence-electron chi connectivity index (χ3n) is 4.99. The zero-order valence-corrected chi connectivity index (χ0v) is 14.6. The van der Waals surface area contributed by atoms with Crippen LogP contribution in [-0.2, 0) is 22.3 Å². The molecule has 1 aliphatic carbocycles. The summed E-state index contributed by atoms with van der Waals surface area (Å²) < 4.78 is 16.2. The summed E-state index contributed by atoms with van der Waals surface area (Å²) in [4.78, 5) is 16.3. The number of benzene rings is 1. The minimum atomic E-state index is -0.537. The summed E-state index contributed by atoms with van der Waals surface area (Å²) in [5.74, 6) is 0.892. The first-order chi connectivity index (χ1) is 11.5. The van der Waals surface area contributed by atoms with Crippen molar-refractivity contribution in [2.75, 3.05) is 13.7 Å². The largest absolute Gasteiger partial charge is 0.496 e. The maximum absolute atomic E-state index is 11.6. The number of nitrogens with zero attached hydrogens (tertiary/aromatic N) is 1. The molecule has 1 heterocycles. The van der Waals surface area contributed by atoms with Gasteiger partial charge in [0.2, 0.25) is 0 Å². The predicted octanol–water partition coefficient (Wildman–Crippen LogP) is 2.75. The number of carbonyl (C=O) groups excluding carboxylic acids is 1. The molecule has 0 saturated carbocycles. The number of hydrogen-bond donors (Lipinski definition) is 1. The molecule has 0 fully saturated rings. The van der Waals surface area contributed by atoms with E-state index < -0.39 is 6.09 Å². The van der Waals surface area contributed by atoms with E-state index in [1.807, 2.05) is 13.0 Å². The van der Waals surface area contributed by atoms with Crippen molar-refractivity contribution in [1.29, 1.82) is 0 Å². The van der Waals surface area contributed by atoms with Gasteiger partial charge in [-0.15, -0.1) is 0 Å². The Kier molecular flexibility index (Phi) is 4.39. The number of aliphatic imine (C=N–C) groups is 1. The van der Waals surface area contributed by atoms with Crippen molar-refractivity contribution in [3.63, 3.8) is 0 Å². The summed E-state index contributed by atoms with van der Waals surface area (Å²) in [6, 6.07) is 4.35. The first kappa shape index (κ1) is 16.6. The number of rotatable bonds is 2. The van der Waals surface area contributed by atoms with E-state index >= 15 is 0 Å². The molecule has 3 rings (SSSR count). The number of aryl methyl sites for hydroxylation is 1. The van der Waals surface area contributed by atoms with Crippen LogP contribution in [0.2, 0.25) is 0 Å². The van der Waals surface area contributed by atoms with Crippen molar-refractivity contribution in [2.24, 2.45) is 4.99 Å². The van der Waals surface area contributed by atoms with Crippen molar-refractivity contribution < 1.29 is 19.0 Å². The van der Waals surface area contributed by atoms with Crippen molar-refractivity contribution in [1.82, 2.24) is 5.32 Å². The molecule has 0 radical (unpaired) electrons. The predicted molar refractivity (Wildman–Crippen MR) is 90.6 cm³/mol. The first-order valence-electron chi connectivity index (χ1n) is 8.34. The molecular formula is C18H24N2O4. The maximum atomic E-state index is 11.6. The second-order valence-corrected chi connectivity index (χ2v) is 6.34. The molecule has 6 nitrogen and oxygen atoms in total. The van der Waals surface area contributed by atoms with Gasteiger partial charge >= 0.3 is 6.09 Å². The van der Waals surface area contributed by atoms with Crippen LogP contribution in [0.25, 0.3) is 0 Å². The second kappa shape index (κ2) is 6.34. The fourth-order valence-corrected chi connectivity index (χ4v) is 3.61. The number of carbonyl (C=O) groups is 1. The van der Waals surface area contributed by atoms with Crippen LogP contribution in [0.5, 0.6) is 5.75 Å². The normalized spacial score (nSPS) is 24.8. The van der Waals surface area contributed by atoms with Crippen molar-refractivity contribution in [2.45, 2.75) is 51.7 Å². The number of hydrogen-bond acceptors (Lipinski definition) is 5. The fourth-order valence-electron chi connectivity index (χ4n) is 3.61. The van der Waals surface area contributed by atoms with Gasteiger partial charge in [-0.25, -0.2) is 15.1 Å².